The maximum absolute atomic E-state index is 12.1. The highest BCUT2D eigenvalue weighted by Crippen LogP contribution is 2.24. The van der Waals surface area contributed by atoms with E-state index in [1.807, 2.05) is 7.05 Å². The fourth-order valence-corrected chi connectivity index (χ4v) is 5.25. The van der Waals surface area contributed by atoms with E-state index in [1.54, 1.807) is 18.7 Å². The van der Waals surface area contributed by atoms with Gasteiger partial charge in [-0.1, -0.05) is 6.92 Å². The molecule has 0 spiro atoms. The Morgan fingerprint density at radius 3 is 2.82 bits per heavy atom. The second-order valence-corrected chi connectivity index (χ2v) is 8.06. The molecule has 0 amide bonds. The van der Waals surface area contributed by atoms with Gasteiger partial charge in [-0.2, -0.15) is 11.8 Å². The molecule has 0 radical (unpaired) electrons. The minimum Gasteiger partial charge on any atom is -0.320 e. The SMILES string of the molecule is CCS(=O)(=O)C1CSCCN1C(C)CCNC. The molecule has 0 aromatic rings. The van der Waals surface area contributed by atoms with Crippen molar-refractivity contribution in [2.24, 2.45) is 0 Å². The molecule has 2 atom stereocenters. The highest BCUT2D eigenvalue weighted by molar-refractivity contribution is 8.01. The first-order chi connectivity index (χ1) is 8.03. The summed E-state index contributed by atoms with van der Waals surface area (Å²) in [6.45, 7) is 5.69. The minimum absolute atomic E-state index is 0.244. The quantitative estimate of drug-likeness (QED) is 0.780. The van der Waals surface area contributed by atoms with Gasteiger partial charge in [0.15, 0.2) is 9.84 Å². The molecular formula is C11H24N2O2S2. The Morgan fingerprint density at radius 2 is 2.24 bits per heavy atom. The van der Waals surface area contributed by atoms with E-state index >= 15 is 0 Å². The number of nitrogens with zero attached hydrogens (tertiary/aromatic N) is 1. The highest BCUT2D eigenvalue weighted by Gasteiger charge is 2.34. The van der Waals surface area contributed by atoms with Crippen LogP contribution in [0.2, 0.25) is 0 Å². The standard InChI is InChI=1S/C11H24N2O2S2/c1-4-17(14,15)11-9-16-8-7-13(11)10(2)5-6-12-3/h10-12H,4-9H2,1-3H3. The van der Waals surface area contributed by atoms with Gasteiger partial charge in [0.25, 0.3) is 0 Å². The van der Waals surface area contributed by atoms with Crippen molar-refractivity contribution >= 4 is 21.6 Å². The molecule has 0 aliphatic carbocycles. The Hall–Kier alpha value is 0.220. The molecule has 0 saturated carbocycles. The number of nitrogens with one attached hydrogen (secondary N) is 1. The summed E-state index contributed by atoms with van der Waals surface area (Å²) in [7, 11) is -1.03. The Morgan fingerprint density at radius 1 is 1.53 bits per heavy atom. The average molecular weight is 280 g/mol. The third-order valence-electron chi connectivity index (χ3n) is 3.32. The predicted octanol–water partition coefficient (Wildman–Crippen LogP) is 0.794. The van der Waals surface area contributed by atoms with E-state index in [1.165, 1.54) is 0 Å². The minimum atomic E-state index is -2.96. The first-order valence-electron chi connectivity index (χ1n) is 6.22. The molecule has 1 saturated heterocycles. The van der Waals surface area contributed by atoms with Crippen molar-refractivity contribution in [3.63, 3.8) is 0 Å². The number of hydrogen-bond donors (Lipinski definition) is 1. The average Bonchev–Trinajstić information content (AvgIpc) is 2.36. The van der Waals surface area contributed by atoms with Gasteiger partial charge in [-0.3, -0.25) is 4.90 Å². The van der Waals surface area contributed by atoms with E-state index in [4.69, 9.17) is 0 Å². The van der Waals surface area contributed by atoms with Crippen LogP contribution in [0.3, 0.4) is 0 Å². The zero-order valence-electron chi connectivity index (χ0n) is 11.0. The van der Waals surface area contributed by atoms with Crippen LogP contribution in [-0.2, 0) is 9.84 Å². The second kappa shape index (κ2) is 6.97. The Labute approximate surface area is 109 Å². The molecule has 1 aliphatic heterocycles. The smallest absolute Gasteiger partial charge is 0.166 e. The lowest BCUT2D eigenvalue weighted by molar-refractivity contribution is 0.195. The van der Waals surface area contributed by atoms with Gasteiger partial charge in [-0.05, 0) is 26.9 Å². The normalized spacial score (nSPS) is 24.8. The van der Waals surface area contributed by atoms with Gasteiger partial charge in [0, 0.05) is 29.8 Å². The van der Waals surface area contributed by atoms with Crippen LogP contribution in [-0.4, -0.2) is 62.1 Å². The molecule has 0 aromatic carbocycles. The van der Waals surface area contributed by atoms with Crippen LogP contribution in [0.4, 0.5) is 0 Å². The third kappa shape index (κ3) is 4.12. The fraction of sp³-hybridized carbons (Fsp3) is 1.00. The molecule has 2 unspecified atom stereocenters. The summed E-state index contributed by atoms with van der Waals surface area (Å²) in [6.07, 6.45) is 0.997. The second-order valence-electron chi connectivity index (χ2n) is 4.46. The Kier molecular flexibility index (Phi) is 6.26. The van der Waals surface area contributed by atoms with Gasteiger partial charge < -0.3 is 5.32 Å². The summed E-state index contributed by atoms with van der Waals surface area (Å²) in [5.41, 5.74) is 0. The zero-order chi connectivity index (χ0) is 12.9. The lowest BCUT2D eigenvalue weighted by Crippen LogP contribution is -2.52. The molecule has 1 N–H and O–H groups in total. The van der Waals surface area contributed by atoms with Gasteiger partial charge in [-0.15, -0.1) is 0 Å². The maximum atomic E-state index is 12.1. The molecule has 0 aromatic heterocycles. The first-order valence-corrected chi connectivity index (χ1v) is 9.09. The Bertz CT molecular complexity index is 319. The summed E-state index contributed by atoms with van der Waals surface area (Å²) in [6, 6.07) is 0.328. The van der Waals surface area contributed by atoms with Crippen LogP contribution < -0.4 is 5.32 Å². The van der Waals surface area contributed by atoms with Gasteiger partial charge in [0.05, 0.1) is 0 Å². The molecule has 1 fully saturated rings. The summed E-state index contributed by atoms with van der Waals surface area (Å²) < 4.78 is 24.1. The molecule has 17 heavy (non-hydrogen) atoms. The van der Waals surface area contributed by atoms with E-state index in [9.17, 15) is 8.42 Å². The molecule has 1 heterocycles. The van der Waals surface area contributed by atoms with Crippen molar-refractivity contribution in [1.29, 1.82) is 0 Å². The highest BCUT2D eigenvalue weighted by atomic mass is 32.2. The maximum Gasteiger partial charge on any atom is 0.166 e. The van der Waals surface area contributed by atoms with Crippen molar-refractivity contribution < 1.29 is 8.42 Å². The molecule has 6 heteroatoms. The molecule has 4 nitrogen and oxygen atoms in total. The lowest BCUT2D eigenvalue weighted by Gasteiger charge is -2.38. The van der Waals surface area contributed by atoms with E-state index in [0.29, 0.717) is 6.04 Å². The van der Waals surface area contributed by atoms with Crippen molar-refractivity contribution in [2.75, 3.05) is 37.4 Å². The molecule has 102 valence electrons. The van der Waals surface area contributed by atoms with Crippen LogP contribution >= 0.6 is 11.8 Å². The zero-order valence-corrected chi connectivity index (χ0v) is 12.6. The van der Waals surface area contributed by atoms with Crippen LogP contribution in [0.15, 0.2) is 0 Å². The van der Waals surface area contributed by atoms with Gasteiger partial charge in [0.2, 0.25) is 0 Å². The van der Waals surface area contributed by atoms with E-state index in [0.717, 1.165) is 31.0 Å². The molecule has 0 bridgehead atoms. The monoisotopic (exact) mass is 280 g/mol. The van der Waals surface area contributed by atoms with Crippen molar-refractivity contribution in [2.45, 2.75) is 31.7 Å². The molecule has 1 aliphatic rings. The van der Waals surface area contributed by atoms with Gasteiger partial charge in [0.1, 0.15) is 5.37 Å². The number of thioether (sulfide) groups is 1. The summed E-state index contributed by atoms with van der Waals surface area (Å²) >= 11 is 1.75. The van der Waals surface area contributed by atoms with E-state index in [2.05, 4.69) is 17.1 Å². The summed E-state index contributed by atoms with van der Waals surface area (Å²) in [5.74, 6) is 2.01. The molecular weight excluding hydrogens is 256 g/mol. The van der Waals surface area contributed by atoms with Crippen LogP contribution in [0.25, 0.3) is 0 Å². The topological polar surface area (TPSA) is 49.4 Å². The summed E-state index contributed by atoms with van der Waals surface area (Å²) in [5, 5.41) is 2.84. The van der Waals surface area contributed by atoms with Crippen molar-refractivity contribution in [3.8, 4) is 0 Å². The van der Waals surface area contributed by atoms with E-state index in [-0.39, 0.29) is 11.1 Å². The van der Waals surface area contributed by atoms with Crippen molar-refractivity contribution in [3.05, 3.63) is 0 Å². The van der Waals surface area contributed by atoms with Gasteiger partial charge >= 0.3 is 0 Å². The lowest BCUT2D eigenvalue weighted by atomic mass is 10.2. The van der Waals surface area contributed by atoms with Crippen LogP contribution in [0, 0.1) is 0 Å². The van der Waals surface area contributed by atoms with E-state index < -0.39 is 9.84 Å². The third-order valence-corrected chi connectivity index (χ3v) is 6.62. The number of sulfone groups is 1. The first kappa shape index (κ1) is 15.3. The number of hydrogen-bond acceptors (Lipinski definition) is 5. The van der Waals surface area contributed by atoms with Crippen molar-refractivity contribution in [1.82, 2.24) is 10.2 Å². The largest absolute Gasteiger partial charge is 0.320 e. The predicted molar refractivity (Wildman–Crippen MR) is 75.3 cm³/mol. The number of rotatable bonds is 6. The van der Waals surface area contributed by atoms with Crippen LogP contribution in [0.1, 0.15) is 20.3 Å². The Balaban J connectivity index is 2.72. The van der Waals surface area contributed by atoms with Crippen LogP contribution in [0.5, 0.6) is 0 Å². The van der Waals surface area contributed by atoms with Gasteiger partial charge in [-0.25, -0.2) is 8.42 Å². The molecule has 1 rings (SSSR count). The summed E-state index contributed by atoms with van der Waals surface area (Å²) in [4.78, 5) is 2.17. The fourth-order valence-electron chi connectivity index (χ4n) is 2.12.